The van der Waals surface area contributed by atoms with E-state index in [9.17, 15) is 9.59 Å². The van der Waals surface area contributed by atoms with Gasteiger partial charge in [0.2, 0.25) is 0 Å². The van der Waals surface area contributed by atoms with Crippen molar-refractivity contribution in [2.75, 3.05) is 6.54 Å². The molecule has 0 bridgehead atoms. The van der Waals surface area contributed by atoms with Crippen LogP contribution in [0.4, 0.5) is 0 Å². The van der Waals surface area contributed by atoms with Crippen molar-refractivity contribution < 1.29 is 14.7 Å². The first-order valence-corrected chi connectivity index (χ1v) is 5.90. The van der Waals surface area contributed by atoms with Crippen molar-refractivity contribution in [1.82, 2.24) is 9.88 Å². The Kier molecular flexibility index (Phi) is 4.83. The summed E-state index contributed by atoms with van der Waals surface area (Å²) in [5.74, 6) is -1.08. The van der Waals surface area contributed by atoms with Crippen molar-refractivity contribution in [3.63, 3.8) is 0 Å². The lowest BCUT2D eigenvalue weighted by molar-refractivity contribution is -0.138. The lowest BCUT2D eigenvalue weighted by Gasteiger charge is -2.27. The van der Waals surface area contributed by atoms with Crippen LogP contribution in [0.15, 0.2) is 18.5 Å². The summed E-state index contributed by atoms with van der Waals surface area (Å²) < 4.78 is 0. The van der Waals surface area contributed by atoms with Gasteiger partial charge in [-0.25, -0.2) is 0 Å². The van der Waals surface area contributed by atoms with Crippen molar-refractivity contribution in [1.29, 1.82) is 0 Å². The molecule has 5 nitrogen and oxygen atoms in total. The summed E-state index contributed by atoms with van der Waals surface area (Å²) in [4.78, 5) is 28.5. The van der Waals surface area contributed by atoms with Crippen LogP contribution in [-0.2, 0) is 4.79 Å². The number of hydrogen-bond donors (Lipinski definition) is 1. The fourth-order valence-electron chi connectivity index (χ4n) is 1.86. The minimum atomic E-state index is -0.906. The van der Waals surface area contributed by atoms with E-state index in [0.717, 1.165) is 5.56 Å². The SMILES string of the molecule is CCN(C(=O)c1cncc(C)c1)C(C)CC(=O)O. The van der Waals surface area contributed by atoms with E-state index in [1.807, 2.05) is 13.8 Å². The summed E-state index contributed by atoms with van der Waals surface area (Å²) in [6, 6.07) is 1.42. The van der Waals surface area contributed by atoms with E-state index in [1.54, 1.807) is 24.1 Å². The van der Waals surface area contributed by atoms with Crippen LogP contribution in [0.5, 0.6) is 0 Å². The van der Waals surface area contributed by atoms with Crippen molar-refractivity contribution in [2.45, 2.75) is 33.2 Å². The van der Waals surface area contributed by atoms with Crippen LogP contribution in [0.25, 0.3) is 0 Å². The van der Waals surface area contributed by atoms with Crippen molar-refractivity contribution >= 4 is 11.9 Å². The van der Waals surface area contributed by atoms with E-state index >= 15 is 0 Å². The molecular weight excluding hydrogens is 232 g/mol. The van der Waals surface area contributed by atoms with Gasteiger partial charge in [-0.2, -0.15) is 0 Å². The van der Waals surface area contributed by atoms with Gasteiger partial charge in [0.1, 0.15) is 0 Å². The zero-order valence-corrected chi connectivity index (χ0v) is 10.9. The first-order valence-electron chi connectivity index (χ1n) is 5.90. The van der Waals surface area contributed by atoms with Crippen LogP contribution in [0.3, 0.4) is 0 Å². The number of carboxylic acids is 1. The van der Waals surface area contributed by atoms with Crippen molar-refractivity contribution in [3.05, 3.63) is 29.6 Å². The fraction of sp³-hybridized carbons (Fsp3) is 0.462. The molecule has 1 aromatic heterocycles. The number of nitrogens with zero attached hydrogens (tertiary/aromatic N) is 2. The molecule has 1 aromatic rings. The Labute approximate surface area is 106 Å². The second-order valence-corrected chi connectivity index (χ2v) is 4.29. The van der Waals surface area contributed by atoms with Gasteiger partial charge in [-0.1, -0.05) is 0 Å². The zero-order chi connectivity index (χ0) is 13.7. The van der Waals surface area contributed by atoms with Gasteiger partial charge in [0, 0.05) is 25.0 Å². The number of aryl methyl sites for hydroxylation is 1. The molecular formula is C13H18N2O3. The highest BCUT2D eigenvalue weighted by Crippen LogP contribution is 2.11. The second-order valence-electron chi connectivity index (χ2n) is 4.29. The molecule has 18 heavy (non-hydrogen) atoms. The highest BCUT2D eigenvalue weighted by Gasteiger charge is 2.22. The Bertz CT molecular complexity index is 446. The monoisotopic (exact) mass is 250 g/mol. The highest BCUT2D eigenvalue weighted by atomic mass is 16.4. The molecule has 1 unspecified atom stereocenters. The maximum atomic E-state index is 12.2. The number of carbonyl (C=O) groups is 2. The second kappa shape index (κ2) is 6.14. The molecule has 1 N–H and O–H groups in total. The molecule has 1 heterocycles. The maximum Gasteiger partial charge on any atom is 0.305 e. The summed E-state index contributed by atoms with van der Waals surface area (Å²) >= 11 is 0. The van der Waals surface area contributed by atoms with E-state index in [4.69, 9.17) is 5.11 Å². The van der Waals surface area contributed by atoms with Gasteiger partial charge in [0.15, 0.2) is 0 Å². The molecule has 0 aliphatic rings. The van der Waals surface area contributed by atoms with Crippen LogP contribution in [-0.4, -0.2) is 39.5 Å². The molecule has 0 aliphatic heterocycles. The number of hydrogen-bond acceptors (Lipinski definition) is 3. The Morgan fingerprint density at radius 1 is 1.44 bits per heavy atom. The van der Waals surface area contributed by atoms with Gasteiger partial charge in [-0.15, -0.1) is 0 Å². The number of pyridine rings is 1. The molecule has 1 amide bonds. The van der Waals surface area contributed by atoms with Gasteiger partial charge in [0.05, 0.1) is 12.0 Å². The normalized spacial score (nSPS) is 11.9. The average Bonchev–Trinajstić information content (AvgIpc) is 2.28. The molecule has 0 aliphatic carbocycles. The first kappa shape index (κ1) is 14.2. The van der Waals surface area contributed by atoms with Crippen LogP contribution < -0.4 is 0 Å². The maximum absolute atomic E-state index is 12.2. The molecule has 98 valence electrons. The third kappa shape index (κ3) is 3.55. The van der Waals surface area contributed by atoms with Gasteiger partial charge < -0.3 is 10.0 Å². The molecule has 0 saturated carbocycles. The van der Waals surface area contributed by atoms with Crippen LogP contribution in [0.1, 0.15) is 36.2 Å². The molecule has 0 aromatic carbocycles. The Balaban J connectivity index is 2.88. The third-order valence-electron chi connectivity index (χ3n) is 2.73. The third-order valence-corrected chi connectivity index (χ3v) is 2.73. The quantitative estimate of drug-likeness (QED) is 0.863. The minimum absolute atomic E-state index is 0.0567. The Hall–Kier alpha value is -1.91. The summed E-state index contributed by atoms with van der Waals surface area (Å²) in [5.41, 5.74) is 1.40. The van der Waals surface area contributed by atoms with Gasteiger partial charge in [-0.05, 0) is 32.4 Å². The molecule has 0 spiro atoms. The number of aromatic nitrogens is 1. The van der Waals surface area contributed by atoms with Crippen LogP contribution >= 0.6 is 0 Å². The number of carbonyl (C=O) groups excluding carboxylic acids is 1. The molecule has 1 atom stereocenters. The highest BCUT2D eigenvalue weighted by molar-refractivity contribution is 5.94. The van der Waals surface area contributed by atoms with Gasteiger partial charge in [0.25, 0.3) is 5.91 Å². The van der Waals surface area contributed by atoms with Gasteiger partial charge in [-0.3, -0.25) is 14.6 Å². The van der Waals surface area contributed by atoms with Crippen molar-refractivity contribution in [3.8, 4) is 0 Å². The first-order chi connectivity index (χ1) is 8.45. The van der Waals surface area contributed by atoms with E-state index < -0.39 is 5.97 Å². The zero-order valence-electron chi connectivity index (χ0n) is 10.9. The van der Waals surface area contributed by atoms with Gasteiger partial charge >= 0.3 is 5.97 Å². The summed E-state index contributed by atoms with van der Waals surface area (Å²) in [5, 5.41) is 8.77. The molecule has 0 fully saturated rings. The number of amides is 1. The number of aliphatic carboxylic acids is 1. The van der Waals surface area contributed by atoms with E-state index in [0.29, 0.717) is 12.1 Å². The van der Waals surface area contributed by atoms with Crippen LogP contribution in [0, 0.1) is 6.92 Å². The van der Waals surface area contributed by atoms with Crippen LogP contribution in [0.2, 0.25) is 0 Å². The number of rotatable bonds is 5. The lowest BCUT2D eigenvalue weighted by Crippen LogP contribution is -2.39. The largest absolute Gasteiger partial charge is 0.481 e. The molecule has 0 saturated heterocycles. The standard InChI is InChI=1S/C13H18N2O3/c1-4-15(10(3)6-12(16)17)13(18)11-5-9(2)7-14-8-11/h5,7-8,10H,4,6H2,1-3H3,(H,16,17). The summed E-state index contributed by atoms with van der Waals surface area (Å²) in [6.45, 7) is 5.90. The number of carboxylic acid groups (broad SMARTS) is 1. The molecule has 5 heteroatoms. The fourth-order valence-corrected chi connectivity index (χ4v) is 1.86. The van der Waals surface area contributed by atoms with Crippen molar-refractivity contribution in [2.24, 2.45) is 0 Å². The summed E-state index contributed by atoms with van der Waals surface area (Å²) in [7, 11) is 0. The predicted molar refractivity (Wildman–Crippen MR) is 67.4 cm³/mol. The summed E-state index contributed by atoms with van der Waals surface area (Å²) in [6.07, 6.45) is 3.12. The topological polar surface area (TPSA) is 70.5 Å². The molecule has 1 rings (SSSR count). The Morgan fingerprint density at radius 2 is 2.11 bits per heavy atom. The predicted octanol–water partition coefficient (Wildman–Crippen LogP) is 1.72. The average molecular weight is 250 g/mol. The van der Waals surface area contributed by atoms with E-state index in [1.165, 1.54) is 6.20 Å². The smallest absolute Gasteiger partial charge is 0.305 e. The Morgan fingerprint density at radius 3 is 2.61 bits per heavy atom. The van der Waals surface area contributed by atoms with E-state index in [-0.39, 0.29) is 18.4 Å². The molecule has 0 radical (unpaired) electrons. The minimum Gasteiger partial charge on any atom is -0.481 e. The lowest BCUT2D eigenvalue weighted by atomic mass is 10.1. The van der Waals surface area contributed by atoms with E-state index in [2.05, 4.69) is 4.98 Å².